The van der Waals surface area contributed by atoms with Gasteiger partial charge in [-0.25, -0.2) is 9.59 Å². The lowest BCUT2D eigenvalue weighted by atomic mass is 10.2. The van der Waals surface area contributed by atoms with Crippen LogP contribution in [0.2, 0.25) is 0 Å². The number of aromatic amines is 1. The second-order valence-corrected chi connectivity index (χ2v) is 6.59. The molecule has 0 aliphatic carbocycles. The second-order valence-electron chi connectivity index (χ2n) is 5.45. The van der Waals surface area contributed by atoms with E-state index in [9.17, 15) is 14.4 Å². The van der Waals surface area contributed by atoms with Gasteiger partial charge in [0.15, 0.2) is 0 Å². The van der Waals surface area contributed by atoms with Crippen molar-refractivity contribution in [1.29, 1.82) is 0 Å². The Morgan fingerprint density at radius 3 is 2.83 bits per heavy atom. The van der Waals surface area contributed by atoms with E-state index in [1.54, 1.807) is 0 Å². The lowest BCUT2D eigenvalue weighted by Crippen LogP contribution is -2.34. The molecule has 0 radical (unpaired) electrons. The van der Waals surface area contributed by atoms with Crippen LogP contribution in [0.5, 0.6) is 0 Å². The van der Waals surface area contributed by atoms with Crippen molar-refractivity contribution >= 4 is 27.5 Å². The van der Waals surface area contributed by atoms with Crippen LogP contribution in [0.15, 0.2) is 32.2 Å². The van der Waals surface area contributed by atoms with Gasteiger partial charge >= 0.3 is 11.7 Å². The molecule has 0 atom stereocenters. The van der Waals surface area contributed by atoms with E-state index in [1.807, 2.05) is 6.07 Å². The van der Waals surface area contributed by atoms with Crippen LogP contribution in [0.4, 0.5) is 0 Å². The van der Waals surface area contributed by atoms with Crippen LogP contribution < -0.4 is 11.2 Å². The molecule has 0 amide bonds. The number of furan rings is 1. The molecule has 0 bridgehead atoms. The highest BCUT2D eigenvalue weighted by molar-refractivity contribution is 7.18. The molecule has 8 heteroatoms. The first-order valence-corrected chi connectivity index (χ1v) is 8.38. The van der Waals surface area contributed by atoms with E-state index in [4.69, 9.17) is 9.52 Å². The molecule has 3 aromatic heterocycles. The number of carbonyl (C=O) groups is 1. The van der Waals surface area contributed by atoms with E-state index in [0.717, 1.165) is 28.7 Å². The summed E-state index contributed by atoms with van der Waals surface area (Å²) < 4.78 is 6.14. The molecule has 2 N–H and O–H groups in total. The molecule has 126 valence electrons. The number of aryl methyl sites for hydroxylation is 1. The first-order valence-electron chi connectivity index (χ1n) is 7.57. The molecule has 0 aliphatic heterocycles. The topological polar surface area (TPSA) is 105 Å². The zero-order valence-corrected chi connectivity index (χ0v) is 13.8. The van der Waals surface area contributed by atoms with E-state index in [0.29, 0.717) is 10.2 Å². The molecule has 3 aromatic rings. The lowest BCUT2D eigenvalue weighted by molar-refractivity contribution is 0.0660. The molecule has 0 spiro atoms. The van der Waals surface area contributed by atoms with E-state index >= 15 is 0 Å². The first-order chi connectivity index (χ1) is 11.5. The molecule has 0 saturated heterocycles. The minimum absolute atomic E-state index is 0.114. The SMILES string of the molecule is CCCCc1cc2c(=O)n(Cc3ccc(C(=O)O)o3)c(=O)[nH]c2s1. The number of H-pyrrole nitrogens is 1. The predicted molar refractivity (Wildman–Crippen MR) is 90.1 cm³/mol. The van der Waals surface area contributed by atoms with Gasteiger partial charge in [-0.15, -0.1) is 11.3 Å². The second kappa shape index (κ2) is 6.48. The minimum Gasteiger partial charge on any atom is -0.475 e. The van der Waals surface area contributed by atoms with Gasteiger partial charge in [-0.1, -0.05) is 13.3 Å². The number of thiophene rings is 1. The summed E-state index contributed by atoms with van der Waals surface area (Å²) in [5, 5.41) is 9.33. The average Bonchev–Trinajstić information content (AvgIpc) is 3.16. The Labute approximate surface area is 140 Å². The number of hydrogen-bond acceptors (Lipinski definition) is 5. The summed E-state index contributed by atoms with van der Waals surface area (Å²) in [6.45, 7) is 1.98. The van der Waals surface area contributed by atoms with Crippen molar-refractivity contribution in [3.63, 3.8) is 0 Å². The minimum atomic E-state index is -1.20. The van der Waals surface area contributed by atoms with Crippen LogP contribution >= 0.6 is 11.3 Å². The largest absolute Gasteiger partial charge is 0.475 e. The number of unbranched alkanes of at least 4 members (excludes halogenated alkanes) is 1. The van der Waals surface area contributed by atoms with Gasteiger partial charge in [-0.05, 0) is 31.0 Å². The number of carboxylic acid groups (broad SMARTS) is 1. The molecule has 24 heavy (non-hydrogen) atoms. The standard InChI is InChI=1S/C16H16N2O5S/c1-2-3-4-10-7-11-13(24-10)17-16(22)18(14(11)19)8-9-5-6-12(23-9)15(20)21/h5-7H,2-4,8H2,1H3,(H,17,22)(H,20,21). The van der Waals surface area contributed by atoms with Crippen molar-refractivity contribution in [2.24, 2.45) is 0 Å². The molecule has 0 unspecified atom stereocenters. The molecule has 0 saturated carbocycles. The van der Waals surface area contributed by atoms with Crippen LogP contribution in [0.3, 0.4) is 0 Å². The number of rotatable bonds is 6. The predicted octanol–water partition coefficient (Wildman–Crippen LogP) is 2.43. The van der Waals surface area contributed by atoms with Crippen LogP contribution in [0.25, 0.3) is 10.2 Å². The molecule has 3 heterocycles. The van der Waals surface area contributed by atoms with E-state index in [2.05, 4.69) is 11.9 Å². The van der Waals surface area contributed by atoms with Gasteiger partial charge in [-0.3, -0.25) is 14.3 Å². The Morgan fingerprint density at radius 2 is 2.17 bits per heavy atom. The molecule has 7 nitrogen and oxygen atoms in total. The average molecular weight is 348 g/mol. The number of nitrogens with zero attached hydrogens (tertiary/aromatic N) is 1. The summed E-state index contributed by atoms with van der Waals surface area (Å²) >= 11 is 1.42. The zero-order valence-electron chi connectivity index (χ0n) is 13.0. The van der Waals surface area contributed by atoms with Gasteiger partial charge in [0.05, 0.1) is 11.9 Å². The molecular formula is C16H16N2O5S. The Balaban J connectivity index is 1.99. The summed E-state index contributed by atoms with van der Waals surface area (Å²) in [5.41, 5.74) is -0.939. The number of fused-ring (bicyclic) bond motifs is 1. The summed E-state index contributed by atoms with van der Waals surface area (Å²) in [4.78, 5) is 39.9. The summed E-state index contributed by atoms with van der Waals surface area (Å²) in [7, 11) is 0. The summed E-state index contributed by atoms with van der Waals surface area (Å²) in [5.74, 6) is -1.19. The van der Waals surface area contributed by atoms with Crippen LogP contribution in [0, 0.1) is 0 Å². The Kier molecular flexibility index (Phi) is 4.39. The highest BCUT2D eigenvalue weighted by Crippen LogP contribution is 2.22. The number of aromatic carboxylic acids is 1. The van der Waals surface area contributed by atoms with Gasteiger partial charge < -0.3 is 9.52 Å². The van der Waals surface area contributed by atoms with Crippen molar-refractivity contribution in [2.45, 2.75) is 32.7 Å². The monoisotopic (exact) mass is 348 g/mol. The fraction of sp³-hybridized carbons (Fsp3) is 0.312. The van der Waals surface area contributed by atoms with Crippen molar-refractivity contribution < 1.29 is 14.3 Å². The first kappa shape index (κ1) is 16.3. The van der Waals surface area contributed by atoms with Crippen molar-refractivity contribution in [3.05, 3.63) is 55.4 Å². The quantitative estimate of drug-likeness (QED) is 0.712. The van der Waals surface area contributed by atoms with Crippen LogP contribution in [0.1, 0.15) is 41.0 Å². The Bertz CT molecular complexity index is 1010. The van der Waals surface area contributed by atoms with E-state index in [1.165, 1.54) is 23.5 Å². The van der Waals surface area contributed by atoms with Gasteiger partial charge in [0, 0.05) is 4.88 Å². The number of nitrogens with one attached hydrogen (secondary N) is 1. The summed E-state index contributed by atoms with van der Waals surface area (Å²) in [6.07, 6.45) is 2.95. The van der Waals surface area contributed by atoms with Gasteiger partial charge in [0.2, 0.25) is 5.76 Å². The highest BCUT2D eigenvalue weighted by Gasteiger charge is 2.14. The maximum Gasteiger partial charge on any atom is 0.371 e. The number of aromatic nitrogens is 2. The Hall–Kier alpha value is -2.61. The molecule has 0 aromatic carbocycles. The fourth-order valence-corrected chi connectivity index (χ4v) is 3.53. The van der Waals surface area contributed by atoms with Gasteiger partial charge in [0.25, 0.3) is 5.56 Å². The summed E-state index contributed by atoms with van der Waals surface area (Å²) in [6, 6.07) is 4.55. The molecule has 0 fully saturated rings. The third kappa shape index (κ3) is 3.05. The molecular weight excluding hydrogens is 332 g/mol. The lowest BCUT2D eigenvalue weighted by Gasteiger charge is -2.02. The van der Waals surface area contributed by atoms with E-state index < -0.39 is 17.2 Å². The maximum absolute atomic E-state index is 12.6. The number of carboxylic acids is 1. The third-order valence-corrected chi connectivity index (χ3v) is 4.80. The van der Waals surface area contributed by atoms with Crippen LogP contribution in [-0.4, -0.2) is 20.6 Å². The van der Waals surface area contributed by atoms with Crippen molar-refractivity contribution in [1.82, 2.24) is 9.55 Å². The third-order valence-electron chi connectivity index (χ3n) is 3.69. The van der Waals surface area contributed by atoms with E-state index in [-0.39, 0.29) is 18.1 Å². The maximum atomic E-state index is 12.6. The van der Waals surface area contributed by atoms with Crippen LogP contribution in [-0.2, 0) is 13.0 Å². The highest BCUT2D eigenvalue weighted by atomic mass is 32.1. The van der Waals surface area contributed by atoms with Gasteiger partial charge in [0.1, 0.15) is 10.6 Å². The van der Waals surface area contributed by atoms with Gasteiger partial charge in [-0.2, -0.15) is 0 Å². The number of hydrogen-bond donors (Lipinski definition) is 2. The van der Waals surface area contributed by atoms with Crippen molar-refractivity contribution in [3.8, 4) is 0 Å². The molecule has 3 rings (SSSR count). The van der Waals surface area contributed by atoms with Crippen molar-refractivity contribution in [2.75, 3.05) is 0 Å². The normalized spacial score (nSPS) is 11.2. The smallest absolute Gasteiger partial charge is 0.371 e. The molecule has 0 aliphatic rings. The fourth-order valence-electron chi connectivity index (χ4n) is 2.45. The zero-order chi connectivity index (χ0) is 17.3. The Morgan fingerprint density at radius 1 is 1.38 bits per heavy atom.